The molecule has 0 aliphatic carbocycles. The molecule has 23 heavy (non-hydrogen) atoms. The Morgan fingerprint density at radius 1 is 1.57 bits per heavy atom. The summed E-state index contributed by atoms with van der Waals surface area (Å²) < 4.78 is 10.9. The van der Waals surface area contributed by atoms with Crippen LogP contribution in [0.1, 0.15) is 35.4 Å². The van der Waals surface area contributed by atoms with Crippen molar-refractivity contribution in [3.63, 3.8) is 0 Å². The molecule has 2 unspecified atom stereocenters. The first-order valence-corrected chi connectivity index (χ1v) is 8.89. The van der Waals surface area contributed by atoms with Gasteiger partial charge in [0.05, 0.1) is 25.2 Å². The maximum atomic E-state index is 10.2. The molecular weight excluding hydrogens is 314 g/mol. The van der Waals surface area contributed by atoms with Crippen molar-refractivity contribution in [2.24, 2.45) is 0 Å². The number of aryl methyl sites for hydroxylation is 1. The third-order valence-electron chi connectivity index (χ3n) is 4.00. The molecule has 1 N–H and O–H groups in total. The van der Waals surface area contributed by atoms with E-state index in [4.69, 9.17) is 9.26 Å². The van der Waals surface area contributed by atoms with Crippen molar-refractivity contribution in [1.29, 1.82) is 0 Å². The molecule has 0 saturated carbocycles. The molecule has 1 aliphatic rings. The zero-order valence-corrected chi connectivity index (χ0v) is 14.2. The summed E-state index contributed by atoms with van der Waals surface area (Å²) in [6, 6.07) is 4.05. The molecule has 0 radical (unpaired) electrons. The Morgan fingerprint density at radius 3 is 3.22 bits per heavy atom. The lowest BCUT2D eigenvalue weighted by atomic mass is 9.98. The molecule has 0 bridgehead atoms. The first-order chi connectivity index (χ1) is 11.2. The Balaban J connectivity index is 1.41. The van der Waals surface area contributed by atoms with E-state index in [0.29, 0.717) is 25.6 Å². The Morgan fingerprint density at radius 2 is 2.48 bits per heavy atom. The summed E-state index contributed by atoms with van der Waals surface area (Å²) >= 11 is 1.67. The van der Waals surface area contributed by atoms with Crippen LogP contribution in [0.3, 0.4) is 0 Å². The molecule has 1 aliphatic heterocycles. The predicted molar refractivity (Wildman–Crippen MR) is 87.4 cm³/mol. The smallest absolute Gasteiger partial charge is 0.231 e. The van der Waals surface area contributed by atoms with Gasteiger partial charge in [0.25, 0.3) is 0 Å². The van der Waals surface area contributed by atoms with E-state index in [2.05, 4.69) is 15.0 Å². The van der Waals surface area contributed by atoms with E-state index >= 15 is 0 Å². The summed E-state index contributed by atoms with van der Waals surface area (Å²) in [6.07, 6.45) is 1.66. The van der Waals surface area contributed by atoms with Crippen molar-refractivity contribution in [3.8, 4) is 0 Å². The van der Waals surface area contributed by atoms with Gasteiger partial charge in [0.1, 0.15) is 0 Å². The lowest BCUT2D eigenvalue weighted by Crippen LogP contribution is -2.40. The number of β-amino-alcohol motifs (C(OH)–C–C–N with tert-alkyl or cyclic N) is 1. The number of likely N-dealkylation sites (tertiary alicyclic amines) is 1. The van der Waals surface area contributed by atoms with Gasteiger partial charge in [0.2, 0.25) is 5.89 Å². The Labute approximate surface area is 140 Å². The average molecular weight is 337 g/mol. The minimum absolute atomic E-state index is 0.268. The third-order valence-corrected chi connectivity index (χ3v) is 4.85. The van der Waals surface area contributed by atoms with Crippen LogP contribution >= 0.6 is 11.3 Å². The number of ether oxygens (including phenoxy) is 1. The number of hydrogen-bond donors (Lipinski definition) is 1. The lowest BCUT2D eigenvalue weighted by Gasteiger charge is -2.32. The van der Waals surface area contributed by atoms with Crippen molar-refractivity contribution >= 4 is 11.3 Å². The van der Waals surface area contributed by atoms with Gasteiger partial charge in [-0.25, -0.2) is 0 Å². The summed E-state index contributed by atoms with van der Waals surface area (Å²) in [5.74, 6) is 1.67. The van der Waals surface area contributed by atoms with Crippen LogP contribution in [0, 0.1) is 6.92 Å². The highest BCUT2D eigenvalue weighted by Gasteiger charge is 2.26. The van der Waals surface area contributed by atoms with E-state index in [-0.39, 0.29) is 5.92 Å². The Hall–Kier alpha value is -1.28. The highest BCUT2D eigenvalue weighted by atomic mass is 32.1. The molecule has 1 fully saturated rings. The molecule has 0 amide bonds. The van der Waals surface area contributed by atoms with Crippen LogP contribution in [0.25, 0.3) is 0 Å². The normalized spacial score (nSPS) is 20.7. The zero-order chi connectivity index (χ0) is 16.1. The van der Waals surface area contributed by atoms with Crippen molar-refractivity contribution in [2.45, 2.75) is 38.4 Å². The summed E-state index contributed by atoms with van der Waals surface area (Å²) in [4.78, 5) is 7.77. The van der Waals surface area contributed by atoms with Crippen molar-refractivity contribution in [2.75, 3.05) is 26.2 Å². The number of aliphatic hydroxyl groups is 1. The summed E-state index contributed by atoms with van der Waals surface area (Å²) in [5.41, 5.74) is 0. The van der Waals surface area contributed by atoms with Gasteiger partial charge in [-0.1, -0.05) is 11.2 Å². The van der Waals surface area contributed by atoms with Crippen LogP contribution in [0.5, 0.6) is 0 Å². The van der Waals surface area contributed by atoms with Crippen LogP contribution in [-0.4, -0.2) is 52.5 Å². The maximum Gasteiger partial charge on any atom is 0.231 e. The SMILES string of the molecule is Cc1noc(C2CCCN(CC(O)COCc3cccs3)C2)n1. The van der Waals surface area contributed by atoms with Gasteiger partial charge in [-0.15, -0.1) is 11.3 Å². The second-order valence-electron chi connectivity index (χ2n) is 6.03. The van der Waals surface area contributed by atoms with Gasteiger partial charge in [-0.3, -0.25) is 4.90 Å². The van der Waals surface area contributed by atoms with Crippen LogP contribution in [0.15, 0.2) is 22.0 Å². The topological polar surface area (TPSA) is 71.6 Å². The summed E-state index contributed by atoms with van der Waals surface area (Å²) in [5, 5.41) is 16.1. The molecule has 1 saturated heterocycles. The van der Waals surface area contributed by atoms with Crippen molar-refractivity contribution in [1.82, 2.24) is 15.0 Å². The summed E-state index contributed by atoms with van der Waals surface area (Å²) in [6.45, 7) is 5.23. The predicted octanol–water partition coefficient (Wildman–Crippen LogP) is 2.20. The Bertz CT molecular complexity index is 587. The second-order valence-corrected chi connectivity index (χ2v) is 7.06. The highest BCUT2D eigenvalue weighted by molar-refractivity contribution is 7.09. The molecule has 126 valence electrons. The quantitative estimate of drug-likeness (QED) is 0.835. The van der Waals surface area contributed by atoms with Crippen LogP contribution in [0.4, 0.5) is 0 Å². The minimum atomic E-state index is -0.474. The second kappa shape index (κ2) is 8.01. The van der Waals surface area contributed by atoms with Gasteiger partial charge in [0, 0.05) is 18.0 Å². The van der Waals surface area contributed by atoms with Gasteiger partial charge in [-0.2, -0.15) is 4.98 Å². The fraction of sp³-hybridized carbons (Fsp3) is 0.625. The molecule has 7 heteroatoms. The molecule has 3 rings (SSSR count). The molecule has 2 aromatic heterocycles. The number of rotatable bonds is 7. The Kier molecular flexibility index (Phi) is 5.77. The number of nitrogens with zero attached hydrogens (tertiary/aromatic N) is 3. The van der Waals surface area contributed by atoms with Gasteiger partial charge < -0.3 is 14.4 Å². The molecule has 0 aromatic carbocycles. The molecule has 3 heterocycles. The number of aromatic nitrogens is 2. The van der Waals surface area contributed by atoms with Gasteiger partial charge >= 0.3 is 0 Å². The molecule has 6 nitrogen and oxygen atoms in total. The molecular formula is C16H23N3O3S. The number of aliphatic hydroxyl groups excluding tert-OH is 1. The molecule has 2 aromatic rings. The van der Waals surface area contributed by atoms with Gasteiger partial charge in [-0.05, 0) is 37.8 Å². The monoisotopic (exact) mass is 337 g/mol. The largest absolute Gasteiger partial charge is 0.389 e. The van der Waals surface area contributed by atoms with E-state index in [9.17, 15) is 5.11 Å². The first kappa shape index (κ1) is 16.6. The lowest BCUT2D eigenvalue weighted by molar-refractivity contribution is 0.00563. The van der Waals surface area contributed by atoms with Crippen molar-refractivity contribution in [3.05, 3.63) is 34.1 Å². The first-order valence-electron chi connectivity index (χ1n) is 8.01. The third kappa shape index (κ3) is 4.84. The van der Waals surface area contributed by atoms with Crippen molar-refractivity contribution < 1.29 is 14.4 Å². The standard InChI is InChI=1S/C16H23N3O3S/c1-12-17-16(22-18-12)13-4-2-6-19(8-13)9-14(20)10-21-11-15-5-3-7-23-15/h3,5,7,13-14,20H,2,4,6,8-11H2,1H3. The minimum Gasteiger partial charge on any atom is -0.389 e. The average Bonchev–Trinajstić information content (AvgIpc) is 3.19. The summed E-state index contributed by atoms with van der Waals surface area (Å²) in [7, 11) is 0. The number of thiophene rings is 1. The molecule has 2 atom stereocenters. The van der Waals surface area contributed by atoms with E-state index in [1.54, 1.807) is 11.3 Å². The highest BCUT2D eigenvalue weighted by Crippen LogP contribution is 2.25. The maximum absolute atomic E-state index is 10.2. The number of hydrogen-bond acceptors (Lipinski definition) is 7. The fourth-order valence-corrected chi connectivity index (χ4v) is 3.58. The van der Waals surface area contributed by atoms with Gasteiger partial charge in [0.15, 0.2) is 5.82 Å². The van der Waals surface area contributed by atoms with Crippen LogP contribution < -0.4 is 0 Å². The number of piperidine rings is 1. The fourth-order valence-electron chi connectivity index (χ4n) is 2.94. The molecule has 0 spiro atoms. The van der Waals surface area contributed by atoms with E-state index in [1.165, 1.54) is 4.88 Å². The zero-order valence-electron chi connectivity index (χ0n) is 13.4. The van der Waals surface area contributed by atoms with Crippen LogP contribution in [0.2, 0.25) is 0 Å². The van der Waals surface area contributed by atoms with E-state index in [1.807, 2.05) is 24.4 Å². The van der Waals surface area contributed by atoms with E-state index < -0.39 is 6.10 Å². The van der Waals surface area contributed by atoms with E-state index in [0.717, 1.165) is 31.8 Å². The van der Waals surface area contributed by atoms with Crippen LogP contribution in [-0.2, 0) is 11.3 Å².